The van der Waals surface area contributed by atoms with Crippen LogP contribution in [0.25, 0.3) is 0 Å². The van der Waals surface area contributed by atoms with Crippen LogP contribution in [0.2, 0.25) is 0 Å². The normalized spacial score (nSPS) is 16.8. The molecular formula is C17H27N3O. The highest BCUT2D eigenvalue weighted by Gasteiger charge is 2.22. The summed E-state index contributed by atoms with van der Waals surface area (Å²) in [6.45, 7) is 11.8. The molecular weight excluding hydrogens is 262 g/mol. The lowest BCUT2D eigenvalue weighted by atomic mass is 10.1. The number of anilines is 1. The first-order valence-electron chi connectivity index (χ1n) is 7.88. The molecule has 0 aromatic heterocycles. The second-order valence-electron chi connectivity index (χ2n) is 6.08. The average molecular weight is 289 g/mol. The number of nitrogens with zero attached hydrogens (tertiary/aromatic N) is 2. The minimum Gasteiger partial charge on any atom is -0.368 e. The zero-order valence-electron chi connectivity index (χ0n) is 13.6. The Hall–Kier alpha value is -1.71. The molecule has 1 saturated heterocycles. The molecule has 0 bridgehead atoms. The van der Waals surface area contributed by atoms with Crippen LogP contribution in [0.15, 0.2) is 18.2 Å². The number of carbonyl (C=O) groups excluding carboxylic acids is 1. The second kappa shape index (κ2) is 6.83. The third kappa shape index (κ3) is 4.13. The zero-order valence-corrected chi connectivity index (χ0v) is 13.6. The van der Waals surface area contributed by atoms with Gasteiger partial charge in [0.15, 0.2) is 0 Å². The van der Waals surface area contributed by atoms with Crippen molar-refractivity contribution >= 4 is 11.7 Å². The van der Waals surface area contributed by atoms with E-state index >= 15 is 0 Å². The summed E-state index contributed by atoms with van der Waals surface area (Å²) in [6, 6.07) is 6.96. The predicted molar refractivity (Wildman–Crippen MR) is 88.0 cm³/mol. The van der Waals surface area contributed by atoms with E-state index in [0.717, 1.165) is 32.6 Å². The fraction of sp³-hybridized carbons (Fsp3) is 0.588. The quantitative estimate of drug-likeness (QED) is 0.928. The maximum atomic E-state index is 12.1. The molecule has 2 rings (SSSR count). The maximum absolute atomic E-state index is 12.1. The van der Waals surface area contributed by atoms with Crippen molar-refractivity contribution in [2.45, 2.75) is 40.2 Å². The van der Waals surface area contributed by atoms with E-state index < -0.39 is 0 Å². The number of carbonyl (C=O) groups is 1. The molecule has 4 heteroatoms. The topological polar surface area (TPSA) is 35.6 Å². The number of nitrogens with one attached hydrogen (secondary N) is 1. The first-order chi connectivity index (χ1) is 9.99. The number of benzene rings is 1. The molecule has 0 aliphatic carbocycles. The molecule has 1 aliphatic rings. The van der Waals surface area contributed by atoms with Gasteiger partial charge in [-0.15, -0.1) is 0 Å². The highest BCUT2D eigenvalue weighted by Crippen LogP contribution is 2.20. The van der Waals surface area contributed by atoms with Crippen LogP contribution in [0, 0.1) is 13.8 Å². The number of urea groups is 1. The Labute approximate surface area is 128 Å². The lowest BCUT2D eigenvalue weighted by molar-refractivity contribution is 0.191. The molecule has 1 aromatic rings. The molecule has 1 heterocycles. The van der Waals surface area contributed by atoms with Crippen molar-refractivity contribution in [1.29, 1.82) is 0 Å². The van der Waals surface area contributed by atoms with E-state index in [0.29, 0.717) is 0 Å². The largest absolute Gasteiger partial charge is 0.368 e. The summed E-state index contributed by atoms with van der Waals surface area (Å²) in [4.78, 5) is 16.4. The van der Waals surface area contributed by atoms with Gasteiger partial charge in [0, 0.05) is 37.9 Å². The molecule has 1 aromatic carbocycles. The number of rotatable bonds is 3. The van der Waals surface area contributed by atoms with Gasteiger partial charge < -0.3 is 15.1 Å². The standard InChI is InChI=1S/C17H27N3O/c1-5-15(4)18-17(21)20-8-6-19(7-9-20)16-11-13(2)10-14(3)12-16/h10-12,15H,5-9H2,1-4H3,(H,18,21). The minimum absolute atomic E-state index is 0.0735. The number of aryl methyl sites for hydroxylation is 2. The van der Waals surface area contributed by atoms with Gasteiger partial charge in [0.05, 0.1) is 0 Å². The van der Waals surface area contributed by atoms with E-state index in [4.69, 9.17) is 0 Å². The minimum atomic E-state index is 0.0735. The van der Waals surface area contributed by atoms with Gasteiger partial charge in [0.25, 0.3) is 0 Å². The summed E-state index contributed by atoms with van der Waals surface area (Å²) in [5, 5.41) is 3.04. The summed E-state index contributed by atoms with van der Waals surface area (Å²) < 4.78 is 0. The summed E-state index contributed by atoms with van der Waals surface area (Å²) in [5.41, 5.74) is 3.86. The van der Waals surface area contributed by atoms with E-state index in [9.17, 15) is 4.79 Å². The average Bonchev–Trinajstić information content (AvgIpc) is 2.46. The van der Waals surface area contributed by atoms with Crippen LogP contribution in [-0.2, 0) is 0 Å². The van der Waals surface area contributed by atoms with E-state index in [-0.39, 0.29) is 12.1 Å². The fourth-order valence-electron chi connectivity index (χ4n) is 2.71. The van der Waals surface area contributed by atoms with Gasteiger partial charge in [-0.25, -0.2) is 4.79 Å². The van der Waals surface area contributed by atoms with E-state index in [1.54, 1.807) is 0 Å². The van der Waals surface area contributed by atoms with Gasteiger partial charge in [-0.1, -0.05) is 13.0 Å². The van der Waals surface area contributed by atoms with Gasteiger partial charge in [-0.2, -0.15) is 0 Å². The number of hydrogen-bond acceptors (Lipinski definition) is 2. The predicted octanol–water partition coefficient (Wildman–Crippen LogP) is 2.93. The van der Waals surface area contributed by atoms with Crippen molar-refractivity contribution in [3.8, 4) is 0 Å². The molecule has 0 saturated carbocycles. The molecule has 2 amide bonds. The Balaban J connectivity index is 1.92. The third-order valence-electron chi connectivity index (χ3n) is 4.12. The van der Waals surface area contributed by atoms with E-state index in [1.165, 1.54) is 16.8 Å². The first-order valence-corrected chi connectivity index (χ1v) is 7.88. The molecule has 1 aliphatic heterocycles. The molecule has 1 atom stereocenters. The highest BCUT2D eigenvalue weighted by molar-refractivity contribution is 5.74. The van der Waals surface area contributed by atoms with Gasteiger partial charge in [0.2, 0.25) is 0 Å². The number of piperazine rings is 1. The maximum Gasteiger partial charge on any atom is 0.317 e. The van der Waals surface area contributed by atoms with E-state index in [2.05, 4.69) is 49.2 Å². The molecule has 4 nitrogen and oxygen atoms in total. The van der Waals surface area contributed by atoms with Gasteiger partial charge >= 0.3 is 6.03 Å². The molecule has 0 spiro atoms. The van der Waals surface area contributed by atoms with Gasteiger partial charge in [0.1, 0.15) is 0 Å². The van der Waals surface area contributed by atoms with Crippen molar-refractivity contribution in [1.82, 2.24) is 10.2 Å². The van der Waals surface area contributed by atoms with Crippen LogP contribution in [0.5, 0.6) is 0 Å². The SMILES string of the molecule is CCC(C)NC(=O)N1CCN(c2cc(C)cc(C)c2)CC1. The Bertz CT molecular complexity index is 473. The number of amides is 2. The van der Waals surface area contributed by atoms with Crippen molar-refractivity contribution < 1.29 is 4.79 Å². The van der Waals surface area contributed by atoms with Crippen molar-refractivity contribution in [3.63, 3.8) is 0 Å². The molecule has 21 heavy (non-hydrogen) atoms. The molecule has 0 radical (unpaired) electrons. The number of hydrogen-bond donors (Lipinski definition) is 1. The molecule has 1 N–H and O–H groups in total. The monoisotopic (exact) mass is 289 g/mol. The smallest absolute Gasteiger partial charge is 0.317 e. The highest BCUT2D eigenvalue weighted by atomic mass is 16.2. The zero-order chi connectivity index (χ0) is 15.4. The summed E-state index contributed by atoms with van der Waals surface area (Å²) in [7, 11) is 0. The molecule has 1 fully saturated rings. The Kier molecular flexibility index (Phi) is 5.10. The first kappa shape index (κ1) is 15.7. The van der Waals surface area contributed by atoms with Gasteiger partial charge in [-0.05, 0) is 50.5 Å². The van der Waals surface area contributed by atoms with Crippen molar-refractivity contribution in [2.24, 2.45) is 0 Å². The second-order valence-corrected chi connectivity index (χ2v) is 6.08. The van der Waals surface area contributed by atoms with Crippen LogP contribution in [0.4, 0.5) is 10.5 Å². The summed E-state index contributed by atoms with van der Waals surface area (Å²) in [6.07, 6.45) is 0.967. The van der Waals surface area contributed by atoms with Crippen LogP contribution >= 0.6 is 0 Å². The summed E-state index contributed by atoms with van der Waals surface area (Å²) >= 11 is 0. The Morgan fingerprint density at radius 1 is 1.14 bits per heavy atom. The lowest BCUT2D eigenvalue weighted by Gasteiger charge is -2.36. The molecule has 1 unspecified atom stereocenters. The van der Waals surface area contributed by atoms with Crippen LogP contribution < -0.4 is 10.2 Å². The van der Waals surface area contributed by atoms with Gasteiger partial charge in [-0.3, -0.25) is 0 Å². The van der Waals surface area contributed by atoms with Crippen LogP contribution in [-0.4, -0.2) is 43.2 Å². The van der Waals surface area contributed by atoms with Crippen molar-refractivity contribution in [3.05, 3.63) is 29.3 Å². The van der Waals surface area contributed by atoms with Crippen molar-refractivity contribution in [2.75, 3.05) is 31.1 Å². The Morgan fingerprint density at radius 2 is 1.71 bits per heavy atom. The lowest BCUT2D eigenvalue weighted by Crippen LogP contribution is -2.53. The third-order valence-corrected chi connectivity index (χ3v) is 4.12. The molecule has 116 valence electrons. The van der Waals surface area contributed by atoms with Crippen LogP contribution in [0.3, 0.4) is 0 Å². The van der Waals surface area contributed by atoms with Crippen LogP contribution in [0.1, 0.15) is 31.4 Å². The van der Waals surface area contributed by atoms with E-state index in [1.807, 2.05) is 11.8 Å². The summed E-state index contributed by atoms with van der Waals surface area (Å²) in [5.74, 6) is 0. The Morgan fingerprint density at radius 3 is 2.24 bits per heavy atom. The fourth-order valence-corrected chi connectivity index (χ4v) is 2.71.